The van der Waals surface area contributed by atoms with Gasteiger partial charge in [-0.1, -0.05) is 18.6 Å². The summed E-state index contributed by atoms with van der Waals surface area (Å²) in [5.41, 5.74) is 0. The maximum atomic E-state index is 9.83. The lowest BCUT2D eigenvalue weighted by molar-refractivity contribution is 0.0234. The first kappa shape index (κ1) is 11.3. The molecule has 1 atom stereocenters. The van der Waals surface area contributed by atoms with Crippen LogP contribution in [-0.4, -0.2) is 24.9 Å². The quantitative estimate of drug-likeness (QED) is 0.830. The number of hydrogen-bond donors (Lipinski definition) is 1. The summed E-state index contributed by atoms with van der Waals surface area (Å²) < 4.78 is 10.7. The molecule has 1 aromatic carbocycles. The zero-order valence-corrected chi connectivity index (χ0v) is 9.56. The molecule has 1 aromatic rings. The fourth-order valence-corrected chi connectivity index (χ4v) is 1.87. The van der Waals surface area contributed by atoms with Gasteiger partial charge in [-0.25, -0.2) is 0 Å². The van der Waals surface area contributed by atoms with Crippen molar-refractivity contribution in [1.82, 2.24) is 0 Å². The van der Waals surface area contributed by atoms with Crippen molar-refractivity contribution in [2.45, 2.75) is 25.4 Å². The number of rotatable bonds is 5. The molecule has 1 fully saturated rings. The average molecular weight is 222 g/mol. The minimum absolute atomic E-state index is 0.348. The smallest absolute Gasteiger partial charge is 0.161 e. The Labute approximate surface area is 96.0 Å². The molecule has 0 aromatic heterocycles. The molecule has 0 radical (unpaired) electrons. The van der Waals surface area contributed by atoms with E-state index in [-0.39, 0.29) is 6.10 Å². The van der Waals surface area contributed by atoms with Gasteiger partial charge in [0.1, 0.15) is 6.61 Å². The van der Waals surface area contributed by atoms with Gasteiger partial charge in [0.25, 0.3) is 0 Å². The fourth-order valence-electron chi connectivity index (χ4n) is 1.87. The largest absolute Gasteiger partial charge is 0.493 e. The Morgan fingerprint density at radius 2 is 2.00 bits per heavy atom. The molecule has 1 saturated carbocycles. The zero-order valence-electron chi connectivity index (χ0n) is 9.56. The lowest BCUT2D eigenvalue weighted by Gasteiger charge is -2.30. The third kappa shape index (κ3) is 2.47. The van der Waals surface area contributed by atoms with Gasteiger partial charge in [-0.15, -0.1) is 0 Å². The van der Waals surface area contributed by atoms with Crippen molar-refractivity contribution < 1.29 is 14.6 Å². The molecule has 3 heteroatoms. The summed E-state index contributed by atoms with van der Waals surface area (Å²) in [7, 11) is 1.62. The first-order chi connectivity index (χ1) is 7.81. The second-order valence-corrected chi connectivity index (χ2v) is 4.22. The van der Waals surface area contributed by atoms with Gasteiger partial charge in [0.2, 0.25) is 0 Å². The molecule has 88 valence electrons. The van der Waals surface area contributed by atoms with Crippen LogP contribution >= 0.6 is 0 Å². The van der Waals surface area contributed by atoms with Crippen molar-refractivity contribution in [1.29, 1.82) is 0 Å². The lowest BCUT2D eigenvalue weighted by Crippen LogP contribution is -2.31. The van der Waals surface area contributed by atoms with Gasteiger partial charge in [0.05, 0.1) is 13.2 Å². The maximum absolute atomic E-state index is 9.83. The third-order valence-electron chi connectivity index (χ3n) is 3.17. The van der Waals surface area contributed by atoms with E-state index in [9.17, 15) is 5.11 Å². The van der Waals surface area contributed by atoms with Crippen LogP contribution in [0.1, 0.15) is 19.3 Å². The van der Waals surface area contributed by atoms with Crippen molar-refractivity contribution >= 4 is 0 Å². The van der Waals surface area contributed by atoms with Gasteiger partial charge < -0.3 is 14.6 Å². The Balaban J connectivity index is 1.88. The second kappa shape index (κ2) is 5.21. The SMILES string of the molecule is COc1ccccc1OCC(O)C1CCC1. The normalized spacial score (nSPS) is 17.6. The van der Waals surface area contributed by atoms with Gasteiger partial charge in [-0.2, -0.15) is 0 Å². The van der Waals surface area contributed by atoms with Gasteiger partial charge in [0.15, 0.2) is 11.5 Å². The van der Waals surface area contributed by atoms with E-state index >= 15 is 0 Å². The fraction of sp³-hybridized carbons (Fsp3) is 0.538. The molecule has 1 unspecified atom stereocenters. The van der Waals surface area contributed by atoms with E-state index in [1.54, 1.807) is 7.11 Å². The highest BCUT2D eigenvalue weighted by atomic mass is 16.5. The molecule has 0 heterocycles. The standard InChI is InChI=1S/C13H18O3/c1-15-12-7-2-3-8-13(12)16-9-11(14)10-5-4-6-10/h2-3,7-8,10-11,14H,4-6,9H2,1H3. The van der Waals surface area contributed by atoms with Crippen LogP contribution < -0.4 is 9.47 Å². The zero-order chi connectivity index (χ0) is 11.4. The summed E-state index contributed by atoms with van der Waals surface area (Å²) in [5.74, 6) is 1.83. The van der Waals surface area contributed by atoms with Gasteiger partial charge >= 0.3 is 0 Å². The number of aliphatic hydroxyl groups is 1. The Morgan fingerprint density at radius 1 is 1.31 bits per heavy atom. The number of aliphatic hydroxyl groups excluding tert-OH is 1. The van der Waals surface area contributed by atoms with Crippen LogP contribution in [0.15, 0.2) is 24.3 Å². The predicted octanol–water partition coefficient (Wildman–Crippen LogP) is 2.24. The first-order valence-corrected chi connectivity index (χ1v) is 5.75. The van der Waals surface area contributed by atoms with E-state index in [0.717, 1.165) is 12.8 Å². The van der Waals surface area contributed by atoms with Crippen molar-refractivity contribution in [2.24, 2.45) is 5.92 Å². The summed E-state index contributed by atoms with van der Waals surface area (Å²) >= 11 is 0. The summed E-state index contributed by atoms with van der Waals surface area (Å²) in [5, 5.41) is 9.83. The van der Waals surface area contributed by atoms with Crippen molar-refractivity contribution in [2.75, 3.05) is 13.7 Å². The van der Waals surface area contributed by atoms with Gasteiger partial charge in [-0.3, -0.25) is 0 Å². The number of para-hydroxylation sites is 2. The van der Waals surface area contributed by atoms with Crippen LogP contribution in [0.5, 0.6) is 11.5 Å². The van der Waals surface area contributed by atoms with Crippen LogP contribution in [0, 0.1) is 5.92 Å². The topological polar surface area (TPSA) is 38.7 Å². The van der Waals surface area contributed by atoms with Crippen LogP contribution in [0.25, 0.3) is 0 Å². The second-order valence-electron chi connectivity index (χ2n) is 4.22. The molecule has 1 aliphatic rings. The van der Waals surface area contributed by atoms with E-state index in [1.807, 2.05) is 24.3 Å². The molecule has 2 rings (SSSR count). The minimum Gasteiger partial charge on any atom is -0.493 e. The molecule has 0 bridgehead atoms. The summed E-state index contributed by atoms with van der Waals surface area (Å²) in [6, 6.07) is 7.50. The van der Waals surface area contributed by atoms with Crippen LogP contribution in [0.2, 0.25) is 0 Å². The Bertz CT molecular complexity index is 334. The van der Waals surface area contributed by atoms with Gasteiger partial charge in [0, 0.05) is 0 Å². The predicted molar refractivity (Wildman–Crippen MR) is 61.8 cm³/mol. The third-order valence-corrected chi connectivity index (χ3v) is 3.17. The van der Waals surface area contributed by atoms with E-state index in [4.69, 9.17) is 9.47 Å². The van der Waals surface area contributed by atoms with Crippen molar-refractivity contribution in [3.8, 4) is 11.5 Å². The lowest BCUT2D eigenvalue weighted by atomic mass is 9.81. The number of methoxy groups -OCH3 is 1. The molecular formula is C13H18O3. The molecule has 0 saturated heterocycles. The number of benzene rings is 1. The van der Waals surface area contributed by atoms with E-state index in [1.165, 1.54) is 6.42 Å². The highest BCUT2D eigenvalue weighted by molar-refractivity contribution is 5.39. The Kier molecular flexibility index (Phi) is 3.67. The maximum Gasteiger partial charge on any atom is 0.161 e. The highest BCUT2D eigenvalue weighted by Gasteiger charge is 2.26. The van der Waals surface area contributed by atoms with Gasteiger partial charge in [-0.05, 0) is 30.9 Å². The number of ether oxygens (including phenoxy) is 2. The first-order valence-electron chi connectivity index (χ1n) is 5.75. The Hall–Kier alpha value is -1.22. The van der Waals surface area contributed by atoms with Crippen molar-refractivity contribution in [3.05, 3.63) is 24.3 Å². The van der Waals surface area contributed by atoms with E-state index < -0.39 is 0 Å². The van der Waals surface area contributed by atoms with Crippen LogP contribution in [0.3, 0.4) is 0 Å². The monoisotopic (exact) mass is 222 g/mol. The molecule has 0 spiro atoms. The molecule has 0 aliphatic heterocycles. The highest BCUT2D eigenvalue weighted by Crippen LogP contribution is 2.31. The molecule has 16 heavy (non-hydrogen) atoms. The molecular weight excluding hydrogens is 204 g/mol. The molecule has 0 amide bonds. The molecule has 1 N–H and O–H groups in total. The molecule has 3 nitrogen and oxygen atoms in total. The summed E-state index contributed by atoms with van der Waals surface area (Å²) in [6.07, 6.45) is 3.13. The summed E-state index contributed by atoms with van der Waals surface area (Å²) in [6.45, 7) is 0.352. The molecule has 1 aliphatic carbocycles. The average Bonchev–Trinajstić information content (AvgIpc) is 2.24. The minimum atomic E-state index is -0.348. The van der Waals surface area contributed by atoms with Crippen molar-refractivity contribution in [3.63, 3.8) is 0 Å². The van der Waals surface area contributed by atoms with E-state index in [0.29, 0.717) is 24.0 Å². The number of hydrogen-bond acceptors (Lipinski definition) is 3. The van der Waals surface area contributed by atoms with E-state index in [2.05, 4.69) is 0 Å². The van der Waals surface area contributed by atoms with Crippen LogP contribution in [-0.2, 0) is 0 Å². The Morgan fingerprint density at radius 3 is 2.56 bits per heavy atom. The summed E-state index contributed by atoms with van der Waals surface area (Å²) in [4.78, 5) is 0. The van der Waals surface area contributed by atoms with Crippen LogP contribution in [0.4, 0.5) is 0 Å².